The molecule has 92 valence electrons. The first-order valence-corrected chi connectivity index (χ1v) is 6.83. The zero-order valence-corrected chi connectivity index (χ0v) is 10.7. The summed E-state index contributed by atoms with van der Waals surface area (Å²) in [7, 11) is 1.78. The summed E-state index contributed by atoms with van der Waals surface area (Å²) in [5, 5.41) is 2.88. The van der Waals surface area contributed by atoms with Gasteiger partial charge >= 0.3 is 0 Å². The van der Waals surface area contributed by atoms with Gasteiger partial charge in [-0.25, -0.2) is 9.97 Å². The zero-order chi connectivity index (χ0) is 12.1. The molecule has 1 aliphatic rings. The van der Waals surface area contributed by atoms with Gasteiger partial charge in [0, 0.05) is 25.9 Å². The summed E-state index contributed by atoms with van der Waals surface area (Å²) >= 11 is 1.90. The van der Waals surface area contributed by atoms with Gasteiger partial charge in [0.05, 0.1) is 12.4 Å². The summed E-state index contributed by atoms with van der Waals surface area (Å²) in [6.07, 6.45) is 4.17. The van der Waals surface area contributed by atoms with Crippen LogP contribution in [-0.2, 0) is 0 Å². The van der Waals surface area contributed by atoms with Gasteiger partial charge in [-0.1, -0.05) is 0 Å². The van der Waals surface area contributed by atoms with Gasteiger partial charge in [0.1, 0.15) is 11.5 Å². The molecule has 1 N–H and O–H groups in total. The number of aromatic nitrogens is 2. The molecule has 0 saturated carbocycles. The number of carbonyl (C=O) groups excluding carboxylic acids is 1. The van der Waals surface area contributed by atoms with Crippen LogP contribution in [0.15, 0.2) is 12.4 Å². The van der Waals surface area contributed by atoms with Crippen LogP contribution in [0.3, 0.4) is 0 Å². The van der Waals surface area contributed by atoms with E-state index >= 15 is 0 Å². The molecule has 0 aromatic carbocycles. The van der Waals surface area contributed by atoms with Crippen LogP contribution in [0.4, 0.5) is 5.82 Å². The third kappa shape index (κ3) is 3.09. The molecule has 1 aromatic rings. The Hall–Kier alpha value is -1.30. The van der Waals surface area contributed by atoms with E-state index in [-0.39, 0.29) is 5.91 Å². The molecule has 1 aliphatic heterocycles. The molecule has 1 fully saturated rings. The summed E-state index contributed by atoms with van der Waals surface area (Å²) in [6.45, 7) is 1.63. The maximum absolute atomic E-state index is 12.1. The molecule has 17 heavy (non-hydrogen) atoms. The third-order valence-electron chi connectivity index (χ3n) is 2.64. The second-order valence-electron chi connectivity index (χ2n) is 3.80. The van der Waals surface area contributed by atoms with Crippen molar-refractivity contribution >= 4 is 23.5 Å². The van der Waals surface area contributed by atoms with Crippen LogP contribution < -0.4 is 5.32 Å². The Morgan fingerprint density at radius 1 is 1.35 bits per heavy atom. The lowest BCUT2D eigenvalue weighted by atomic mass is 10.3. The molecule has 1 aromatic heterocycles. The molecule has 2 rings (SSSR count). The minimum absolute atomic E-state index is 0.0114. The van der Waals surface area contributed by atoms with E-state index in [0.29, 0.717) is 11.5 Å². The summed E-state index contributed by atoms with van der Waals surface area (Å²) < 4.78 is 0. The lowest BCUT2D eigenvalue weighted by Gasteiger charge is -2.19. The molecule has 0 spiro atoms. The van der Waals surface area contributed by atoms with Crippen molar-refractivity contribution in [1.82, 2.24) is 14.9 Å². The SMILES string of the molecule is CNc1cnc(C(=O)N2CCCSCC2)cn1. The first-order chi connectivity index (χ1) is 8.31. The maximum Gasteiger partial charge on any atom is 0.274 e. The van der Waals surface area contributed by atoms with Gasteiger partial charge in [0.2, 0.25) is 0 Å². The van der Waals surface area contributed by atoms with E-state index in [1.165, 1.54) is 6.20 Å². The van der Waals surface area contributed by atoms with E-state index in [2.05, 4.69) is 15.3 Å². The monoisotopic (exact) mass is 252 g/mol. The Bertz CT molecular complexity index is 374. The van der Waals surface area contributed by atoms with Crippen molar-refractivity contribution in [3.63, 3.8) is 0 Å². The zero-order valence-electron chi connectivity index (χ0n) is 9.85. The molecule has 0 radical (unpaired) electrons. The van der Waals surface area contributed by atoms with Crippen LogP contribution in [0.25, 0.3) is 0 Å². The Kier molecular flexibility index (Phi) is 4.19. The standard InChI is InChI=1S/C11H16N4OS/c1-12-10-8-13-9(7-14-10)11(16)15-3-2-5-17-6-4-15/h7-8H,2-6H2,1H3,(H,12,14). The molecule has 0 bridgehead atoms. The Morgan fingerprint density at radius 2 is 2.24 bits per heavy atom. The highest BCUT2D eigenvalue weighted by Crippen LogP contribution is 2.12. The molecule has 0 unspecified atom stereocenters. The molecule has 5 nitrogen and oxygen atoms in total. The van der Waals surface area contributed by atoms with E-state index in [1.54, 1.807) is 13.2 Å². The molecular weight excluding hydrogens is 236 g/mol. The van der Waals surface area contributed by atoms with Crippen molar-refractivity contribution in [1.29, 1.82) is 0 Å². The quantitative estimate of drug-likeness (QED) is 0.854. The van der Waals surface area contributed by atoms with E-state index in [4.69, 9.17) is 0 Å². The summed E-state index contributed by atoms with van der Waals surface area (Å²) in [4.78, 5) is 22.3. The average molecular weight is 252 g/mol. The second-order valence-corrected chi connectivity index (χ2v) is 5.02. The van der Waals surface area contributed by atoms with Gasteiger partial charge in [-0.2, -0.15) is 11.8 Å². The fourth-order valence-corrected chi connectivity index (χ4v) is 2.57. The topological polar surface area (TPSA) is 58.1 Å². The predicted octanol–water partition coefficient (Wildman–Crippen LogP) is 1.10. The second kappa shape index (κ2) is 5.86. The van der Waals surface area contributed by atoms with Crippen LogP contribution in [0.2, 0.25) is 0 Å². The first-order valence-electron chi connectivity index (χ1n) is 5.68. The molecule has 1 saturated heterocycles. The molecule has 0 aliphatic carbocycles. The van der Waals surface area contributed by atoms with Gasteiger partial charge in [0.15, 0.2) is 0 Å². The van der Waals surface area contributed by atoms with Crippen molar-refractivity contribution < 1.29 is 4.79 Å². The largest absolute Gasteiger partial charge is 0.372 e. The highest BCUT2D eigenvalue weighted by atomic mass is 32.2. The summed E-state index contributed by atoms with van der Waals surface area (Å²) in [5.74, 6) is 2.80. The normalized spacial score (nSPS) is 16.4. The number of nitrogens with one attached hydrogen (secondary N) is 1. The van der Waals surface area contributed by atoms with Gasteiger partial charge in [-0.05, 0) is 12.2 Å². The smallest absolute Gasteiger partial charge is 0.274 e. The van der Waals surface area contributed by atoms with Gasteiger partial charge in [-0.3, -0.25) is 4.79 Å². The molecule has 0 atom stereocenters. The fourth-order valence-electron chi connectivity index (χ4n) is 1.68. The number of hydrogen-bond donors (Lipinski definition) is 1. The first kappa shape index (κ1) is 12.2. The Labute approximate surface area is 105 Å². The summed E-state index contributed by atoms with van der Waals surface area (Å²) in [6, 6.07) is 0. The van der Waals surface area contributed by atoms with E-state index in [0.717, 1.165) is 31.0 Å². The van der Waals surface area contributed by atoms with Crippen molar-refractivity contribution in [3.8, 4) is 0 Å². The van der Waals surface area contributed by atoms with E-state index in [1.807, 2.05) is 16.7 Å². The molecular formula is C11H16N4OS. The number of nitrogens with zero attached hydrogens (tertiary/aromatic N) is 3. The lowest BCUT2D eigenvalue weighted by molar-refractivity contribution is 0.0762. The number of hydrogen-bond acceptors (Lipinski definition) is 5. The van der Waals surface area contributed by atoms with Crippen molar-refractivity contribution in [2.24, 2.45) is 0 Å². The van der Waals surface area contributed by atoms with Gasteiger partial charge in [-0.15, -0.1) is 0 Å². The van der Waals surface area contributed by atoms with Gasteiger partial charge in [0.25, 0.3) is 5.91 Å². The molecule has 2 heterocycles. The minimum atomic E-state index is -0.0114. The number of carbonyl (C=O) groups is 1. The van der Waals surface area contributed by atoms with Crippen LogP contribution in [0.1, 0.15) is 16.9 Å². The minimum Gasteiger partial charge on any atom is -0.372 e. The Morgan fingerprint density at radius 3 is 2.94 bits per heavy atom. The number of amides is 1. The van der Waals surface area contributed by atoms with Crippen LogP contribution >= 0.6 is 11.8 Å². The molecule has 6 heteroatoms. The molecule has 1 amide bonds. The number of rotatable bonds is 2. The third-order valence-corrected chi connectivity index (χ3v) is 3.69. The van der Waals surface area contributed by atoms with Crippen molar-refractivity contribution in [2.45, 2.75) is 6.42 Å². The number of anilines is 1. The highest BCUT2D eigenvalue weighted by molar-refractivity contribution is 7.99. The predicted molar refractivity (Wildman–Crippen MR) is 69.4 cm³/mol. The van der Waals surface area contributed by atoms with Gasteiger partial charge < -0.3 is 10.2 Å². The Balaban J connectivity index is 2.06. The van der Waals surface area contributed by atoms with Crippen molar-refractivity contribution in [3.05, 3.63) is 18.1 Å². The maximum atomic E-state index is 12.1. The van der Waals surface area contributed by atoms with Crippen LogP contribution in [0.5, 0.6) is 0 Å². The number of thioether (sulfide) groups is 1. The fraction of sp³-hybridized carbons (Fsp3) is 0.545. The average Bonchev–Trinajstić information content (AvgIpc) is 2.67. The van der Waals surface area contributed by atoms with Crippen LogP contribution in [-0.4, -0.2) is 52.4 Å². The van der Waals surface area contributed by atoms with E-state index < -0.39 is 0 Å². The van der Waals surface area contributed by atoms with Crippen LogP contribution in [0, 0.1) is 0 Å². The van der Waals surface area contributed by atoms with E-state index in [9.17, 15) is 4.79 Å². The van der Waals surface area contributed by atoms with Crippen molar-refractivity contribution in [2.75, 3.05) is 37.0 Å². The summed E-state index contributed by atoms with van der Waals surface area (Å²) in [5.41, 5.74) is 0.427. The highest BCUT2D eigenvalue weighted by Gasteiger charge is 2.18. The lowest BCUT2D eigenvalue weighted by Crippen LogP contribution is -2.33.